The number of rotatable bonds is 8. The quantitative estimate of drug-likeness (QED) is 0.375. The molecular weight excluding hydrogens is 272 g/mol. The van der Waals surface area contributed by atoms with Crippen molar-refractivity contribution in [2.24, 2.45) is 5.92 Å². The molecule has 1 aromatic carbocycles. The smallest absolute Gasteiger partial charge is 0.150 e. The number of carbonyl (C=O) groups is 1. The van der Waals surface area contributed by atoms with Gasteiger partial charge >= 0.3 is 0 Å². The molecule has 0 heterocycles. The van der Waals surface area contributed by atoms with E-state index in [0.29, 0.717) is 5.56 Å². The zero-order chi connectivity index (χ0) is 15.9. The second kappa shape index (κ2) is 7.79. The summed E-state index contributed by atoms with van der Waals surface area (Å²) >= 11 is 0. The van der Waals surface area contributed by atoms with Crippen molar-refractivity contribution in [3.63, 3.8) is 0 Å². The van der Waals surface area contributed by atoms with E-state index < -0.39 is 0 Å². The topological polar surface area (TPSA) is 26.3 Å². The Balaban J connectivity index is 2.25. The third-order valence-corrected chi connectivity index (χ3v) is 3.94. The van der Waals surface area contributed by atoms with Crippen LogP contribution in [-0.4, -0.2) is 12.9 Å². The van der Waals surface area contributed by atoms with Crippen LogP contribution in [0.3, 0.4) is 0 Å². The Kier molecular flexibility index (Phi) is 5.76. The molecule has 1 saturated carbocycles. The summed E-state index contributed by atoms with van der Waals surface area (Å²) in [7, 11) is 0. The van der Waals surface area contributed by atoms with E-state index in [9.17, 15) is 4.79 Å². The monoisotopic (exact) mass is 296 g/mol. The molecule has 22 heavy (non-hydrogen) atoms. The first-order valence-corrected chi connectivity index (χ1v) is 7.90. The van der Waals surface area contributed by atoms with Crippen molar-refractivity contribution < 1.29 is 9.53 Å². The Morgan fingerprint density at radius 1 is 1.41 bits per heavy atom. The van der Waals surface area contributed by atoms with E-state index in [2.05, 4.69) is 20.4 Å². The minimum Gasteiger partial charge on any atom is -0.493 e. The molecule has 116 valence electrons. The summed E-state index contributed by atoms with van der Waals surface area (Å²) < 4.78 is 5.81. The highest BCUT2D eigenvalue weighted by molar-refractivity contribution is 5.79. The third kappa shape index (κ3) is 4.45. The summed E-state index contributed by atoms with van der Waals surface area (Å²) in [6, 6.07) is 7.72. The van der Waals surface area contributed by atoms with E-state index in [4.69, 9.17) is 4.74 Å². The third-order valence-electron chi connectivity index (χ3n) is 3.94. The lowest BCUT2D eigenvalue weighted by atomic mass is 9.96. The van der Waals surface area contributed by atoms with Crippen molar-refractivity contribution in [2.75, 3.05) is 6.61 Å². The molecule has 1 fully saturated rings. The Hall–Kier alpha value is -2.09. The maximum Gasteiger partial charge on any atom is 0.150 e. The van der Waals surface area contributed by atoms with Crippen molar-refractivity contribution in [3.05, 3.63) is 65.5 Å². The molecule has 2 nitrogen and oxygen atoms in total. The first kappa shape index (κ1) is 16.3. The van der Waals surface area contributed by atoms with Crippen LogP contribution >= 0.6 is 0 Å². The van der Waals surface area contributed by atoms with Gasteiger partial charge in [0, 0.05) is 5.56 Å². The predicted octanol–water partition coefficient (Wildman–Crippen LogP) is 5.18. The first-order chi connectivity index (χ1) is 10.7. The summed E-state index contributed by atoms with van der Waals surface area (Å²) in [5.41, 5.74) is 4.16. The van der Waals surface area contributed by atoms with Crippen LogP contribution in [0, 0.1) is 5.92 Å². The van der Waals surface area contributed by atoms with Gasteiger partial charge in [-0.1, -0.05) is 31.7 Å². The van der Waals surface area contributed by atoms with Crippen LogP contribution in [0.2, 0.25) is 0 Å². The van der Waals surface area contributed by atoms with E-state index in [1.54, 1.807) is 6.08 Å². The van der Waals surface area contributed by atoms with Gasteiger partial charge < -0.3 is 4.74 Å². The van der Waals surface area contributed by atoms with Gasteiger partial charge in [-0.15, -0.1) is 0 Å². The maximum absolute atomic E-state index is 11.0. The van der Waals surface area contributed by atoms with E-state index in [1.807, 2.05) is 30.3 Å². The SMILES string of the molecule is C=C/C(=C\C(C)=C(/CC)c1cccc(C=O)c1)OCC1CC1. The van der Waals surface area contributed by atoms with E-state index in [-0.39, 0.29) is 0 Å². The van der Waals surface area contributed by atoms with Crippen LogP contribution < -0.4 is 0 Å². The average molecular weight is 296 g/mol. The second-order valence-corrected chi connectivity index (χ2v) is 5.76. The summed E-state index contributed by atoms with van der Waals surface area (Å²) in [5, 5.41) is 0. The van der Waals surface area contributed by atoms with E-state index >= 15 is 0 Å². The molecule has 0 unspecified atom stereocenters. The number of hydrogen-bond donors (Lipinski definition) is 0. The molecular formula is C20H24O2. The molecule has 1 aliphatic rings. The minimum absolute atomic E-state index is 0.703. The standard InChI is InChI=1S/C20H24O2/c1-4-19(22-14-16-9-10-16)11-15(3)20(5-2)18-8-6-7-17(12-18)13-21/h4,6-8,11-13,16H,1,5,9-10,14H2,2-3H3/b19-11+,20-15+. The van der Waals surface area contributed by atoms with Crippen molar-refractivity contribution >= 4 is 11.9 Å². The predicted molar refractivity (Wildman–Crippen MR) is 91.7 cm³/mol. The first-order valence-electron chi connectivity index (χ1n) is 7.90. The molecule has 0 atom stereocenters. The van der Waals surface area contributed by atoms with Gasteiger partial charge in [0.15, 0.2) is 0 Å². The molecule has 1 aromatic rings. The lowest BCUT2D eigenvalue weighted by Gasteiger charge is -2.11. The lowest BCUT2D eigenvalue weighted by molar-refractivity contribution is 0.112. The summed E-state index contributed by atoms with van der Waals surface area (Å²) in [6.45, 7) is 8.82. The molecule has 0 spiro atoms. The van der Waals surface area contributed by atoms with Gasteiger partial charge in [0.05, 0.1) is 6.61 Å². The van der Waals surface area contributed by atoms with E-state index in [1.165, 1.54) is 18.4 Å². The van der Waals surface area contributed by atoms with Crippen LogP contribution in [-0.2, 0) is 4.74 Å². The number of aldehydes is 1. The lowest BCUT2D eigenvalue weighted by Crippen LogP contribution is -1.96. The summed E-state index contributed by atoms with van der Waals surface area (Å²) in [4.78, 5) is 11.0. The Morgan fingerprint density at radius 3 is 2.77 bits per heavy atom. The van der Waals surface area contributed by atoms with Crippen LogP contribution in [0.25, 0.3) is 5.57 Å². The van der Waals surface area contributed by atoms with Gasteiger partial charge in [-0.05, 0) is 67.0 Å². The molecule has 2 heteroatoms. The van der Waals surface area contributed by atoms with Crippen LogP contribution in [0.4, 0.5) is 0 Å². The van der Waals surface area contributed by atoms with Gasteiger partial charge in [0.2, 0.25) is 0 Å². The maximum atomic E-state index is 11.0. The van der Waals surface area contributed by atoms with Crippen molar-refractivity contribution in [1.29, 1.82) is 0 Å². The van der Waals surface area contributed by atoms with Gasteiger partial charge in [-0.3, -0.25) is 4.79 Å². The minimum atomic E-state index is 0.703. The highest BCUT2D eigenvalue weighted by atomic mass is 16.5. The highest BCUT2D eigenvalue weighted by Crippen LogP contribution is 2.30. The van der Waals surface area contributed by atoms with Gasteiger partial charge in [-0.25, -0.2) is 0 Å². The summed E-state index contributed by atoms with van der Waals surface area (Å²) in [5.74, 6) is 1.55. The molecule has 0 radical (unpaired) electrons. The molecule has 0 aromatic heterocycles. The van der Waals surface area contributed by atoms with Crippen LogP contribution in [0.5, 0.6) is 0 Å². The van der Waals surface area contributed by atoms with Crippen molar-refractivity contribution in [3.8, 4) is 0 Å². The number of benzene rings is 1. The second-order valence-electron chi connectivity index (χ2n) is 5.76. The number of ether oxygens (including phenoxy) is 1. The molecule has 0 bridgehead atoms. The van der Waals surface area contributed by atoms with Crippen molar-refractivity contribution in [2.45, 2.75) is 33.1 Å². The number of carbonyl (C=O) groups excluding carboxylic acids is 1. The normalized spacial score (nSPS) is 16.0. The Bertz CT molecular complexity index is 604. The Labute approximate surface area is 133 Å². The number of hydrogen-bond acceptors (Lipinski definition) is 2. The van der Waals surface area contributed by atoms with Gasteiger partial charge in [-0.2, -0.15) is 0 Å². The van der Waals surface area contributed by atoms with Crippen LogP contribution in [0.15, 0.2) is 54.3 Å². The zero-order valence-corrected chi connectivity index (χ0v) is 13.5. The molecule has 0 amide bonds. The Morgan fingerprint density at radius 2 is 2.18 bits per heavy atom. The van der Waals surface area contributed by atoms with Gasteiger partial charge in [0.25, 0.3) is 0 Å². The highest BCUT2D eigenvalue weighted by Gasteiger charge is 2.21. The zero-order valence-electron chi connectivity index (χ0n) is 13.5. The van der Waals surface area contributed by atoms with Crippen LogP contribution in [0.1, 0.15) is 49.0 Å². The van der Waals surface area contributed by atoms with E-state index in [0.717, 1.165) is 42.1 Å². The number of allylic oxidation sites excluding steroid dienone is 4. The summed E-state index contributed by atoms with van der Waals surface area (Å²) in [6.07, 6.45) is 8.15. The fourth-order valence-electron chi connectivity index (χ4n) is 2.47. The average Bonchev–Trinajstić information content (AvgIpc) is 3.36. The fourth-order valence-corrected chi connectivity index (χ4v) is 2.47. The molecule has 0 N–H and O–H groups in total. The largest absolute Gasteiger partial charge is 0.493 e. The molecule has 0 saturated heterocycles. The van der Waals surface area contributed by atoms with Crippen molar-refractivity contribution in [1.82, 2.24) is 0 Å². The fraction of sp³-hybridized carbons (Fsp3) is 0.350. The molecule has 1 aliphatic carbocycles. The molecule has 0 aliphatic heterocycles. The molecule has 2 rings (SSSR count). The van der Waals surface area contributed by atoms with Gasteiger partial charge in [0.1, 0.15) is 12.0 Å².